The van der Waals surface area contributed by atoms with Gasteiger partial charge in [0.2, 0.25) is 0 Å². The molecule has 0 spiro atoms. The molecule has 0 amide bonds. The fourth-order valence-corrected chi connectivity index (χ4v) is 0.935. The van der Waals surface area contributed by atoms with Crippen LogP contribution in [0.25, 0.3) is 10.4 Å². The fourth-order valence-electron chi connectivity index (χ4n) is 0.670. The Morgan fingerprint density at radius 3 is 2.82 bits per heavy atom. The third kappa shape index (κ3) is 9.53. The molecule has 0 rings (SSSR count). The monoisotopic (exact) mass is 217 g/mol. The van der Waals surface area contributed by atoms with Crippen molar-refractivity contribution in [2.45, 2.75) is 19.3 Å². The van der Waals surface area contributed by atoms with Crippen LogP contribution in [0.4, 0.5) is 0 Å². The highest BCUT2D eigenvalue weighted by molar-refractivity contribution is 9.09. The lowest BCUT2D eigenvalue weighted by Gasteiger charge is -1.89. The molecule has 0 aliphatic carbocycles. The van der Waals surface area contributed by atoms with Crippen LogP contribution in [0.2, 0.25) is 0 Å². The highest BCUT2D eigenvalue weighted by atomic mass is 79.9. The van der Waals surface area contributed by atoms with Crippen LogP contribution in [0.15, 0.2) is 17.3 Å². The maximum absolute atomic E-state index is 7.95. The van der Waals surface area contributed by atoms with Gasteiger partial charge in [0.25, 0.3) is 0 Å². The summed E-state index contributed by atoms with van der Waals surface area (Å²) in [5.41, 5.74) is 7.95. The van der Waals surface area contributed by atoms with Crippen molar-refractivity contribution in [1.29, 1.82) is 0 Å². The van der Waals surface area contributed by atoms with E-state index in [9.17, 15) is 0 Å². The molecule has 0 bridgehead atoms. The van der Waals surface area contributed by atoms with Crippen LogP contribution in [0.3, 0.4) is 0 Å². The zero-order valence-corrected chi connectivity index (χ0v) is 8.00. The predicted molar refractivity (Wildman–Crippen MR) is 50.8 cm³/mol. The number of nitrogens with zero attached hydrogens (tertiary/aromatic N) is 3. The van der Waals surface area contributed by atoms with Crippen molar-refractivity contribution in [3.63, 3.8) is 0 Å². The number of azide groups is 1. The average Bonchev–Trinajstić information content (AvgIpc) is 2.03. The standard InChI is InChI=1S/C7H12BrN3/c8-6-4-2-1-3-5-7-10-11-9/h2,4H,1,3,5-7H2/b4-2+. The molecule has 0 saturated heterocycles. The van der Waals surface area contributed by atoms with Crippen molar-refractivity contribution in [2.24, 2.45) is 5.11 Å². The Hall–Kier alpha value is -0.470. The predicted octanol–water partition coefficient (Wildman–Crippen LogP) is 3.42. The smallest absolute Gasteiger partial charge is 0.0258 e. The number of alkyl halides is 1. The van der Waals surface area contributed by atoms with Crippen molar-refractivity contribution in [3.8, 4) is 0 Å². The molecule has 0 N–H and O–H groups in total. The van der Waals surface area contributed by atoms with E-state index in [1.165, 1.54) is 0 Å². The Balaban J connectivity index is 3.02. The molecule has 0 radical (unpaired) electrons. The summed E-state index contributed by atoms with van der Waals surface area (Å²) in [7, 11) is 0. The SMILES string of the molecule is [N-]=[N+]=NCCCC/C=C/CBr. The average molecular weight is 218 g/mol. The minimum Gasteiger partial charge on any atom is -0.0940 e. The van der Waals surface area contributed by atoms with Gasteiger partial charge in [-0.25, -0.2) is 0 Å². The minimum absolute atomic E-state index is 0.624. The Bertz CT molecular complexity index is 150. The van der Waals surface area contributed by atoms with Gasteiger partial charge in [-0.1, -0.05) is 33.2 Å². The number of halogens is 1. The molecule has 0 aliphatic rings. The molecule has 3 nitrogen and oxygen atoms in total. The second-order valence-electron chi connectivity index (χ2n) is 2.08. The molecule has 0 saturated carbocycles. The summed E-state index contributed by atoms with van der Waals surface area (Å²) >= 11 is 3.29. The molecular formula is C7H12BrN3. The minimum atomic E-state index is 0.624. The largest absolute Gasteiger partial charge is 0.0940 e. The van der Waals surface area contributed by atoms with Crippen LogP contribution in [-0.4, -0.2) is 11.9 Å². The van der Waals surface area contributed by atoms with Crippen LogP contribution in [0, 0.1) is 0 Å². The number of hydrogen-bond acceptors (Lipinski definition) is 1. The number of unbranched alkanes of at least 4 members (excludes halogenated alkanes) is 2. The van der Waals surface area contributed by atoms with Crippen LogP contribution >= 0.6 is 15.9 Å². The van der Waals surface area contributed by atoms with Gasteiger partial charge in [-0.05, 0) is 24.8 Å². The Labute approximate surface area is 75.2 Å². The van der Waals surface area contributed by atoms with E-state index in [-0.39, 0.29) is 0 Å². The first-order valence-corrected chi connectivity index (χ1v) is 4.75. The molecule has 0 aromatic carbocycles. The van der Waals surface area contributed by atoms with E-state index in [2.05, 4.69) is 38.1 Å². The number of rotatable bonds is 6. The lowest BCUT2D eigenvalue weighted by atomic mass is 10.2. The first-order chi connectivity index (χ1) is 5.41. The first kappa shape index (κ1) is 10.5. The van der Waals surface area contributed by atoms with Gasteiger partial charge in [-0.3, -0.25) is 0 Å². The van der Waals surface area contributed by atoms with Crippen molar-refractivity contribution in [2.75, 3.05) is 11.9 Å². The van der Waals surface area contributed by atoms with E-state index in [4.69, 9.17) is 5.53 Å². The van der Waals surface area contributed by atoms with Crippen LogP contribution in [0.5, 0.6) is 0 Å². The van der Waals surface area contributed by atoms with E-state index in [1.54, 1.807) is 0 Å². The Kier molecular flexibility index (Phi) is 9.12. The van der Waals surface area contributed by atoms with E-state index in [1.807, 2.05) is 0 Å². The van der Waals surface area contributed by atoms with Gasteiger partial charge in [0.1, 0.15) is 0 Å². The Morgan fingerprint density at radius 2 is 2.18 bits per heavy atom. The molecule has 0 aromatic heterocycles. The molecule has 4 heteroatoms. The van der Waals surface area contributed by atoms with Gasteiger partial charge < -0.3 is 0 Å². The second kappa shape index (κ2) is 9.53. The summed E-state index contributed by atoms with van der Waals surface area (Å²) in [5, 5.41) is 4.36. The summed E-state index contributed by atoms with van der Waals surface area (Å²) in [6.07, 6.45) is 7.37. The third-order valence-electron chi connectivity index (χ3n) is 1.20. The van der Waals surface area contributed by atoms with Crippen molar-refractivity contribution in [3.05, 3.63) is 22.6 Å². The quantitative estimate of drug-likeness (QED) is 0.164. The molecule has 11 heavy (non-hydrogen) atoms. The van der Waals surface area contributed by atoms with Gasteiger partial charge in [0, 0.05) is 16.8 Å². The molecule has 0 aromatic rings. The summed E-state index contributed by atoms with van der Waals surface area (Å²) in [6.45, 7) is 0.624. The summed E-state index contributed by atoms with van der Waals surface area (Å²) in [6, 6.07) is 0. The molecule has 0 atom stereocenters. The molecule has 0 fully saturated rings. The normalized spacial score (nSPS) is 9.91. The van der Waals surface area contributed by atoms with Crippen molar-refractivity contribution < 1.29 is 0 Å². The maximum Gasteiger partial charge on any atom is 0.0258 e. The van der Waals surface area contributed by atoms with Gasteiger partial charge in [0.15, 0.2) is 0 Å². The highest BCUT2D eigenvalue weighted by Gasteiger charge is 1.82. The van der Waals surface area contributed by atoms with E-state index in [0.717, 1.165) is 24.6 Å². The number of allylic oxidation sites excluding steroid dienone is 2. The molecule has 62 valence electrons. The highest BCUT2D eigenvalue weighted by Crippen LogP contribution is 1.97. The summed E-state index contributed by atoms with van der Waals surface area (Å²) in [4.78, 5) is 2.67. The summed E-state index contributed by atoms with van der Waals surface area (Å²) in [5.74, 6) is 0. The maximum atomic E-state index is 7.95. The van der Waals surface area contributed by atoms with Crippen LogP contribution < -0.4 is 0 Å². The van der Waals surface area contributed by atoms with Gasteiger partial charge in [-0.2, -0.15) is 0 Å². The molecular weight excluding hydrogens is 206 g/mol. The first-order valence-electron chi connectivity index (χ1n) is 3.63. The molecule has 0 unspecified atom stereocenters. The van der Waals surface area contributed by atoms with Gasteiger partial charge in [-0.15, -0.1) is 0 Å². The van der Waals surface area contributed by atoms with E-state index >= 15 is 0 Å². The van der Waals surface area contributed by atoms with E-state index < -0.39 is 0 Å². The third-order valence-corrected chi connectivity index (χ3v) is 1.57. The lowest BCUT2D eigenvalue weighted by molar-refractivity contribution is 0.755. The summed E-state index contributed by atoms with van der Waals surface area (Å²) < 4.78 is 0. The van der Waals surface area contributed by atoms with Crippen molar-refractivity contribution >= 4 is 15.9 Å². The molecule has 0 aliphatic heterocycles. The molecule has 0 heterocycles. The lowest BCUT2D eigenvalue weighted by Crippen LogP contribution is -1.77. The van der Waals surface area contributed by atoms with Gasteiger partial charge in [0.05, 0.1) is 0 Å². The fraction of sp³-hybridized carbons (Fsp3) is 0.714. The topological polar surface area (TPSA) is 48.8 Å². The number of hydrogen-bond donors (Lipinski definition) is 0. The zero-order chi connectivity index (χ0) is 8.36. The van der Waals surface area contributed by atoms with E-state index in [0.29, 0.717) is 6.54 Å². The van der Waals surface area contributed by atoms with Gasteiger partial charge >= 0.3 is 0 Å². The second-order valence-corrected chi connectivity index (χ2v) is 2.72. The zero-order valence-electron chi connectivity index (χ0n) is 6.41. The van der Waals surface area contributed by atoms with Crippen molar-refractivity contribution in [1.82, 2.24) is 0 Å². The van der Waals surface area contributed by atoms with Crippen LogP contribution in [-0.2, 0) is 0 Å². The van der Waals surface area contributed by atoms with Crippen LogP contribution in [0.1, 0.15) is 19.3 Å². The Morgan fingerprint density at radius 1 is 1.36 bits per heavy atom.